The number of nitrogens with zero attached hydrogens (tertiary/aromatic N) is 3. The van der Waals surface area contributed by atoms with Crippen LogP contribution >= 0.6 is 22.9 Å². The van der Waals surface area contributed by atoms with Crippen molar-refractivity contribution in [3.8, 4) is 17.6 Å². The second-order valence-corrected chi connectivity index (χ2v) is 9.31. The van der Waals surface area contributed by atoms with Gasteiger partial charge in [0.1, 0.15) is 29.7 Å². The van der Waals surface area contributed by atoms with Gasteiger partial charge in [-0.1, -0.05) is 24.1 Å². The highest BCUT2D eigenvalue weighted by molar-refractivity contribution is 14.1. The maximum absolute atomic E-state index is 12.4. The Bertz CT molecular complexity index is 1140. The van der Waals surface area contributed by atoms with Gasteiger partial charge in [0.2, 0.25) is 5.82 Å². The molecule has 7 N–H and O–H groups in total. The van der Waals surface area contributed by atoms with Crippen molar-refractivity contribution in [3.63, 3.8) is 0 Å². The van der Waals surface area contributed by atoms with Gasteiger partial charge in [-0.25, -0.2) is 14.8 Å². The van der Waals surface area contributed by atoms with Crippen LogP contribution in [0.5, 0.6) is 5.75 Å². The van der Waals surface area contributed by atoms with Crippen LogP contribution in [0.25, 0.3) is 0 Å². The van der Waals surface area contributed by atoms with Gasteiger partial charge in [0.05, 0.1) is 29.5 Å². The molecule has 13 heteroatoms. The van der Waals surface area contributed by atoms with E-state index in [1.165, 1.54) is 0 Å². The Morgan fingerprint density at radius 2 is 1.95 bits per heavy atom. The molecule has 0 radical (unpaired) electrons. The number of aliphatic hydroxyl groups is 3. The molecule has 0 spiro atoms. The molecule has 1 aromatic heterocycles. The van der Waals surface area contributed by atoms with E-state index in [1.54, 1.807) is 17.0 Å². The molecule has 0 saturated carbocycles. The van der Waals surface area contributed by atoms with E-state index in [2.05, 4.69) is 30.7 Å². The predicted octanol–water partition coefficient (Wildman–Crippen LogP) is 1.32. The predicted molar refractivity (Wildman–Crippen MR) is 144 cm³/mol. The number of benzene rings is 1. The highest BCUT2D eigenvalue weighted by Gasteiger charge is 2.42. The van der Waals surface area contributed by atoms with Crippen LogP contribution in [0.2, 0.25) is 0 Å². The summed E-state index contributed by atoms with van der Waals surface area (Å²) in [7, 11) is 0. The lowest BCUT2D eigenvalue weighted by molar-refractivity contribution is -0.0153. The lowest BCUT2D eigenvalue weighted by Gasteiger charge is -2.30. The number of aromatic nitrogens is 2. The number of hydrogen-bond donors (Lipinski definition) is 6. The smallest absolute Gasteiger partial charge is 0.410 e. The van der Waals surface area contributed by atoms with Crippen molar-refractivity contribution < 1.29 is 29.6 Å². The molecule has 3 heterocycles. The van der Waals surface area contributed by atoms with E-state index in [4.69, 9.17) is 15.2 Å². The quantitative estimate of drug-likeness (QED) is 0.155. The second-order valence-electron chi connectivity index (χ2n) is 8.77. The molecule has 37 heavy (non-hydrogen) atoms. The standard InChI is InChI=1S/C24H29IN6O6/c25-30-18-21(26)27-17(28-22(18)29-23-20(34)19(33)16(13-32)37-23)8-4-5-14-9-11-31(12-10-14)24(35)36-15-6-2-1-3-7-15/h1-3,6-7,14,16,19-20,23,30,32-34H,5,9-13H2,(H3,26,27,28,29)/t16-,19?,20?,23-/m1/s1. The number of nitrogens with two attached hydrogens (primary N) is 1. The first-order valence-electron chi connectivity index (χ1n) is 11.8. The number of hydrogen-bond acceptors (Lipinski definition) is 11. The number of piperidine rings is 1. The van der Waals surface area contributed by atoms with Crippen LogP contribution in [0.4, 0.5) is 22.1 Å². The minimum Gasteiger partial charge on any atom is -0.410 e. The fourth-order valence-electron chi connectivity index (χ4n) is 4.13. The van der Waals surface area contributed by atoms with Gasteiger partial charge < -0.3 is 44.3 Å². The van der Waals surface area contributed by atoms with E-state index in [-0.39, 0.29) is 23.6 Å². The van der Waals surface area contributed by atoms with Crippen molar-refractivity contribution in [3.05, 3.63) is 36.2 Å². The van der Waals surface area contributed by atoms with Gasteiger partial charge in [-0.3, -0.25) is 0 Å². The lowest BCUT2D eigenvalue weighted by atomic mass is 9.94. The third-order valence-corrected chi connectivity index (χ3v) is 6.80. The van der Waals surface area contributed by atoms with Crippen LogP contribution in [0, 0.1) is 17.8 Å². The Labute approximate surface area is 228 Å². The number of aliphatic hydroxyl groups excluding tert-OH is 3. The van der Waals surface area contributed by atoms with E-state index in [0.717, 1.165) is 12.8 Å². The molecular weight excluding hydrogens is 595 g/mol. The summed E-state index contributed by atoms with van der Waals surface area (Å²) >= 11 is 1.88. The van der Waals surface area contributed by atoms with E-state index in [0.29, 0.717) is 36.9 Å². The summed E-state index contributed by atoms with van der Waals surface area (Å²) in [5, 5.41) is 32.4. The first kappa shape index (κ1) is 27.1. The molecule has 2 aliphatic heterocycles. The van der Waals surface area contributed by atoms with Gasteiger partial charge in [0.15, 0.2) is 17.9 Å². The molecule has 4 rings (SSSR count). The molecule has 4 atom stereocenters. The van der Waals surface area contributed by atoms with Crippen LogP contribution in [0.3, 0.4) is 0 Å². The third-order valence-electron chi connectivity index (χ3n) is 6.26. The van der Waals surface area contributed by atoms with Gasteiger partial charge >= 0.3 is 6.09 Å². The van der Waals surface area contributed by atoms with E-state index in [9.17, 15) is 20.1 Å². The molecule has 2 aliphatic rings. The molecule has 198 valence electrons. The first-order valence-corrected chi connectivity index (χ1v) is 12.9. The van der Waals surface area contributed by atoms with Gasteiger partial charge in [0.25, 0.3) is 0 Å². The lowest BCUT2D eigenvalue weighted by Crippen LogP contribution is -2.40. The Hall–Kier alpha value is -2.90. The number of nitrogen functional groups attached to an aromatic ring is 1. The molecule has 1 aromatic carbocycles. The molecular formula is C24H29IN6O6. The molecule has 12 nitrogen and oxygen atoms in total. The minimum atomic E-state index is -1.28. The van der Waals surface area contributed by atoms with Crippen molar-refractivity contribution in [1.29, 1.82) is 0 Å². The Morgan fingerprint density at radius 3 is 2.59 bits per heavy atom. The second kappa shape index (κ2) is 12.6. The number of halogens is 1. The van der Waals surface area contributed by atoms with Crippen LogP contribution in [-0.4, -0.2) is 80.5 Å². The van der Waals surface area contributed by atoms with E-state index < -0.39 is 31.1 Å². The third kappa shape index (κ3) is 6.70. The Balaban J connectivity index is 1.34. The molecule has 0 bridgehead atoms. The zero-order valence-corrected chi connectivity index (χ0v) is 22.0. The zero-order chi connectivity index (χ0) is 26.4. The van der Waals surface area contributed by atoms with Crippen molar-refractivity contribution in [1.82, 2.24) is 14.9 Å². The van der Waals surface area contributed by atoms with Crippen molar-refractivity contribution in [2.45, 2.75) is 43.8 Å². The van der Waals surface area contributed by atoms with E-state index >= 15 is 0 Å². The molecule has 2 fully saturated rings. The summed E-state index contributed by atoms with van der Waals surface area (Å²) < 4.78 is 13.8. The van der Waals surface area contributed by atoms with Crippen LogP contribution in [-0.2, 0) is 4.74 Å². The summed E-state index contributed by atoms with van der Waals surface area (Å²) in [6.07, 6.45) is -2.59. The Kier molecular flexibility index (Phi) is 9.22. The van der Waals surface area contributed by atoms with Gasteiger partial charge in [-0.05, 0) is 36.8 Å². The zero-order valence-electron chi connectivity index (χ0n) is 19.9. The highest BCUT2D eigenvalue weighted by Crippen LogP contribution is 2.30. The summed E-state index contributed by atoms with van der Waals surface area (Å²) in [6.45, 7) is 0.746. The number of carbonyl (C=O) groups excluding carboxylic acids is 1. The average molecular weight is 624 g/mol. The van der Waals surface area contributed by atoms with Crippen LogP contribution in [0.1, 0.15) is 25.1 Å². The van der Waals surface area contributed by atoms with E-state index in [1.807, 2.05) is 41.1 Å². The summed E-state index contributed by atoms with van der Waals surface area (Å²) in [5.41, 5.74) is 6.44. The Morgan fingerprint density at radius 1 is 1.22 bits per heavy atom. The fraction of sp³-hybridized carbons (Fsp3) is 0.458. The highest BCUT2D eigenvalue weighted by atomic mass is 127. The largest absolute Gasteiger partial charge is 0.415 e. The molecule has 1 amide bonds. The number of carbonyl (C=O) groups is 1. The normalized spacial score (nSPS) is 23.7. The monoisotopic (exact) mass is 624 g/mol. The first-order chi connectivity index (χ1) is 17.9. The fourth-order valence-corrected chi connectivity index (χ4v) is 4.66. The van der Waals surface area contributed by atoms with Gasteiger partial charge in [-0.2, -0.15) is 0 Å². The summed E-state index contributed by atoms with van der Waals surface area (Å²) in [4.78, 5) is 22.7. The van der Waals surface area contributed by atoms with Crippen LogP contribution in [0.15, 0.2) is 30.3 Å². The number of para-hydroxylation sites is 1. The molecule has 0 aliphatic carbocycles. The molecule has 2 saturated heterocycles. The molecule has 2 aromatic rings. The number of nitrogens with one attached hydrogen (secondary N) is 2. The topological polar surface area (TPSA) is 175 Å². The number of ether oxygens (including phenoxy) is 2. The van der Waals surface area contributed by atoms with Gasteiger partial charge in [0, 0.05) is 19.5 Å². The maximum atomic E-state index is 12.4. The summed E-state index contributed by atoms with van der Waals surface area (Å²) in [5.74, 6) is 7.45. The number of amides is 1. The van der Waals surface area contributed by atoms with Crippen LogP contribution < -0.4 is 19.3 Å². The van der Waals surface area contributed by atoms with Crippen molar-refractivity contribution in [2.24, 2.45) is 5.92 Å². The SMILES string of the molecule is Nc1nc(C#CCC2CCN(C(=O)Oc3ccccc3)CC2)nc(N[C@@H]2O[C@H](CO)C(O)C2O)c1NI. The summed E-state index contributed by atoms with van der Waals surface area (Å²) in [6, 6.07) is 8.99. The number of rotatable bonds is 6. The minimum absolute atomic E-state index is 0.146. The average Bonchev–Trinajstić information content (AvgIpc) is 3.17. The van der Waals surface area contributed by atoms with Gasteiger partial charge in [-0.15, -0.1) is 0 Å². The van der Waals surface area contributed by atoms with Crippen molar-refractivity contribution in [2.75, 3.05) is 34.3 Å². The van der Waals surface area contributed by atoms with Crippen molar-refractivity contribution >= 4 is 46.3 Å². The maximum Gasteiger partial charge on any atom is 0.415 e. The number of anilines is 3. The molecule has 2 unspecified atom stereocenters. The number of likely N-dealkylation sites (tertiary alicyclic amines) is 1.